The number of nitrogens with zero attached hydrogens (tertiary/aromatic N) is 1. The molecule has 0 aliphatic heterocycles. The minimum atomic E-state index is 0.0658. The fraction of sp³-hybridized carbons (Fsp3) is 0.471. The van der Waals surface area contributed by atoms with Crippen molar-refractivity contribution in [1.29, 1.82) is 0 Å². The lowest BCUT2D eigenvalue weighted by Crippen LogP contribution is -2.36. The summed E-state index contributed by atoms with van der Waals surface area (Å²) in [5, 5.41) is 0.986. The molecule has 0 aliphatic rings. The van der Waals surface area contributed by atoms with Gasteiger partial charge in [-0.1, -0.05) is 45.9 Å². The smallest absolute Gasteiger partial charge is 0.266 e. The van der Waals surface area contributed by atoms with E-state index in [1.54, 1.807) is 0 Å². The van der Waals surface area contributed by atoms with E-state index in [0.29, 0.717) is 22.4 Å². The van der Waals surface area contributed by atoms with Gasteiger partial charge in [-0.2, -0.15) is 0 Å². The number of thiophene rings is 1. The lowest BCUT2D eigenvalue weighted by Gasteiger charge is -2.26. The normalized spacial score (nSPS) is 11.5. The molecule has 0 bridgehead atoms. The maximum absolute atomic E-state index is 12.9. The van der Waals surface area contributed by atoms with Gasteiger partial charge in [0.25, 0.3) is 5.91 Å². The van der Waals surface area contributed by atoms with Crippen molar-refractivity contribution < 1.29 is 4.79 Å². The first-order valence-corrected chi connectivity index (χ1v) is 8.28. The van der Waals surface area contributed by atoms with Gasteiger partial charge in [-0.05, 0) is 17.9 Å². The Kier molecular flexibility index (Phi) is 4.88. The van der Waals surface area contributed by atoms with Gasteiger partial charge in [-0.3, -0.25) is 4.79 Å². The zero-order valence-electron chi connectivity index (χ0n) is 13.2. The summed E-state index contributed by atoms with van der Waals surface area (Å²) < 4.78 is 1.08. The van der Waals surface area contributed by atoms with Crippen molar-refractivity contribution >= 4 is 33.0 Å². The van der Waals surface area contributed by atoms with Crippen molar-refractivity contribution in [3.05, 3.63) is 29.1 Å². The van der Waals surface area contributed by atoms with Crippen molar-refractivity contribution in [2.45, 2.75) is 27.7 Å². The van der Waals surface area contributed by atoms with Gasteiger partial charge in [-0.15, -0.1) is 11.3 Å². The number of hydrogen-bond donors (Lipinski definition) is 1. The van der Waals surface area contributed by atoms with Crippen LogP contribution < -0.4 is 5.73 Å². The van der Waals surface area contributed by atoms with Crippen LogP contribution in [-0.2, 0) is 0 Å². The fourth-order valence-electron chi connectivity index (χ4n) is 2.49. The number of fused-ring (bicyclic) bond motifs is 1. The van der Waals surface area contributed by atoms with E-state index in [-0.39, 0.29) is 5.91 Å². The van der Waals surface area contributed by atoms with Gasteiger partial charge in [0.05, 0.1) is 5.69 Å². The van der Waals surface area contributed by atoms with Crippen molar-refractivity contribution in [3.63, 3.8) is 0 Å². The molecule has 0 spiro atoms. The van der Waals surface area contributed by atoms with Crippen LogP contribution in [0.5, 0.6) is 0 Å². The molecule has 0 saturated carbocycles. The van der Waals surface area contributed by atoms with Gasteiger partial charge in [0.1, 0.15) is 4.88 Å². The van der Waals surface area contributed by atoms with E-state index < -0.39 is 0 Å². The lowest BCUT2D eigenvalue weighted by molar-refractivity contribution is 0.0721. The highest BCUT2D eigenvalue weighted by Gasteiger charge is 2.23. The maximum atomic E-state index is 12.9. The Balaban J connectivity index is 2.35. The molecule has 3 nitrogen and oxygen atoms in total. The minimum absolute atomic E-state index is 0.0658. The first-order valence-electron chi connectivity index (χ1n) is 7.46. The van der Waals surface area contributed by atoms with Gasteiger partial charge in [0, 0.05) is 23.2 Å². The molecule has 0 saturated heterocycles. The standard InChI is InChI=1S/C17H24N2OS/c1-11(2)9-19(10-12(3)4)17(20)16-15(18)13-7-5-6-8-14(13)21-16/h5-8,11-12H,9-10,18H2,1-4H3. The summed E-state index contributed by atoms with van der Waals surface area (Å²) in [6, 6.07) is 7.93. The van der Waals surface area contributed by atoms with Crippen LogP contribution in [0.25, 0.3) is 10.1 Å². The quantitative estimate of drug-likeness (QED) is 0.898. The fourth-order valence-corrected chi connectivity index (χ4v) is 3.58. The highest BCUT2D eigenvalue weighted by Crippen LogP contribution is 2.34. The van der Waals surface area contributed by atoms with Gasteiger partial charge in [0.2, 0.25) is 0 Å². The molecular weight excluding hydrogens is 280 g/mol. The van der Waals surface area contributed by atoms with E-state index in [1.165, 1.54) is 11.3 Å². The van der Waals surface area contributed by atoms with Crippen LogP contribution in [0.4, 0.5) is 5.69 Å². The van der Waals surface area contributed by atoms with Crippen molar-refractivity contribution in [2.75, 3.05) is 18.8 Å². The molecule has 1 aromatic heterocycles. The van der Waals surface area contributed by atoms with Crippen LogP contribution in [0.3, 0.4) is 0 Å². The van der Waals surface area contributed by atoms with Crippen LogP contribution in [-0.4, -0.2) is 23.9 Å². The van der Waals surface area contributed by atoms with E-state index in [1.807, 2.05) is 29.2 Å². The van der Waals surface area contributed by atoms with Crippen molar-refractivity contribution in [3.8, 4) is 0 Å². The topological polar surface area (TPSA) is 46.3 Å². The van der Waals surface area contributed by atoms with Crippen molar-refractivity contribution in [2.24, 2.45) is 11.8 Å². The second kappa shape index (κ2) is 6.48. The van der Waals surface area contributed by atoms with Crippen LogP contribution in [0, 0.1) is 11.8 Å². The zero-order chi connectivity index (χ0) is 15.6. The summed E-state index contributed by atoms with van der Waals surface area (Å²) in [5.74, 6) is 0.961. The second-order valence-corrected chi connectivity index (χ2v) is 7.39. The Bertz CT molecular complexity index is 621. The molecule has 0 aliphatic carbocycles. The molecule has 0 radical (unpaired) electrons. The third-order valence-corrected chi connectivity index (χ3v) is 4.46. The number of anilines is 1. The van der Waals surface area contributed by atoms with Crippen LogP contribution in [0.15, 0.2) is 24.3 Å². The number of carbonyl (C=O) groups is 1. The van der Waals surface area contributed by atoms with Crippen LogP contribution in [0.1, 0.15) is 37.4 Å². The Labute approximate surface area is 130 Å². The number of rotatable bonds is 5. The number of amides is 1. The molecule has 0 unspecified atom stereocenters. The summed E-state index contributed by atoms with van der Waals surface area (Å²) in [7, 11) is 0. The molecule has 21 heavy (non-hydrogen) atoms. The van der Waals surface area contributed by atoms with Crippen molar-refractivity contribution in [1.82, 2.24) is 4.90 Å². The summed E-state index contributed by atoms with van der Waals surface area (Å²) in [5.41, 5.74) is 6.83. The molecule has 4 heteroatoms. The second-order valence-electron chi connectivity index (χ2n) is 6.34. The van der Waals surface area contributed by atoms with Gasteiger partial charge < -0.3 is 10.6 Å². The average Bonchev–Trinajstić information content (AvgIpc) is 2.74. The Morgan fingerprint density at radius 2 is 1.71 bits per heavy atom. The molecular formula is C17H24N2OS. The summed E-state index contributed by atoms with van der Waals surface area (Å²) in [6.45, 7) is 10.1. The summed E-state index contributed by atoms with van der Waals surface area (Å²) in [4.78, 5) is 15.5. The maximum Gasteiger partial charge on any atom is 0.266 e. The van der Waals surface area contributed by atoms with Gasteiger partial charge in [0.15, 0.2) is 0 Å². The molecule has 0 atom stereocenters. The molecule has 114 valence electrons. The number of benzene rings is 1. The number of hydrogen-bond acceptors (Lipinski definition) is 3. The Hall–Kier alpha value is -1.55. The highest BCUT2D eigenvalue weighted by molar-refractivity contribution is 7.21. The minimum Gasteiger partial charge on any atom is -0.397 e. The summed E-state index contributed by atoms with van der Waals surface area (Å²) >= 11 is 1.50. The lowest BCUT2D eigenvalue weighted by atomic mass is 10.1. The zero-order valence-corrected chi connectivity index (χ0v) is 14.0. The molecule has 2 rings (SSSR count). The first-order chi connectivity index (χ1) is 9.90. The number of nitrogens with two attached hydrogens (primary N) is 1. The predicted octanol–water partition coefficient (Wildman–Crippen LogP) is 4.24. The van der Waals surface area contributed by atoms with E-state index >= 15 is 0 Å². The summed E-state index contributed by atoms with van der Waals surface area (Å²) in [6.07, 6.45) is 0. The average molecular weight is 304 g/mol. The molecule has 1 amide bonds. The Morgan fingerprint density at radius 1 is 1.14 bits per heavy atom. The molecule has 1 aromatic carbocycles. The first kappa shape index (κ1) is 15.8. The molecule has 0 fully saturated rings. The predicted molar refractivity (Wildman–Crippen MR) is 91.8 cm³/mol. The van der Waals surface area contributed by atoms with E-state index in [2.05, 4.69) is 27.7 Å². The number of carbonyl (C=O) groups excluding carboxylic acids is 1. The third kappa shape index (κ3) is 3.56. The van der Waals surface area contributed by atoms with Gasteiger partial charge in [-0.25, -0.2) is 0 Å². The largest absolute Gasteiger partial charge is 0.397 e. The van der Waals surface area contributed by atoms with Crippen LogP contribution in [0.2, 0.25) is 0 Å². The van der Waals surface area contributed by atoms with Crippen LogP contribution >= 0.6 is 11.3 Å². The van der Waals surface area contributed by atoms with E-state index in [0.717, 1.165) is 23.2 Å². The third-order valence-electron chi connectivity index (χ3n) is 3.29. The SMILES string of the molecule is CC(C)CN(CC(C)C)C(=O)c1sc2ccccc2c1N. The molecule has 2 N–H and O–H groups in total. The van der Waals surface area contributed by atoms with E-state index in [9.17, 15) is 4.79 Å². The van der Waals surface area contributed by atoms with Gasteiger partial charge >= 0.3 is 0 Å². The highest BCUT2D eigenvalue weighted by atomic mass is 32.1. The van der Waals surface area contributed by atoms with E-state index in [4.69, 9.17) is 5.73 Å². The monoisotopic (exact) mass is 304 g/mol. The number of nitrogen functional groups attached to an aromatic ring is 1. The molecule has 1 heterocycles. The molecule has 2 aromatic rings. The Morgan fingerprint density at radius 3 is 2.24 bits per heavy atom.